The average molecular weight is 566 g/mol. The summed E-state index contributed by atoms with van der Waals surface area (Å²) in [5.41, 5.74) is 9.64. The summed E-state index contributed by atoms with van der Waals surface area (Å²) in [7, 11) is 0. The number of fused-ring (bicyclic) bond motifs is 1. The maximum absolute atomic E-state index is 13.2. The molecule has 0 saturated carbocycles. The molecule has 0 spiro atoms. The molecule has 1 aliphatic heterocycles. The monoisotopic (exact) mass is 565 g/mol. The molecule has 3 heterocycles. The van der Waals surface area contributed by atoms with E-state index in [4.69, 9.17) is 5.73 Å². The molecule has 0 bridgehead atoms. The molecule has 1 aliphatic carbocycles. The van der Waals surface area contributed by atoms with Crippen molar-refractivity contribution in [3.05, 3.63) is 95.2 Å². The second kappa shape index (κ2) is 10.9. The van der Waals surface area contributed by atoms with Crippen LogP contribution in [0.1, 0.15) is 30.7 Å². The molecule has 40 heavy (non-hydrogen) atoms. The van der Waals surface area contributed by atoms with Crippen molar-refractivity contribution in [1.29, 1.82) is 5.26 Å². The van der Waals surface area contributed by atoms with E-state index in [9.17, 15) is 14.9 Å². The normalized spacial score (nSPS) is 17.1. The Hall–Kier alpha value is -4.53. The van der Waals surface area contributed by atoms with Crippen molar-refractivity contribution in [3.8, 4) is 6.07 Å². The van der Waals surface area contributed by atoms with E-state index >= 15 is 0 Å². The molecule has 3 N–H and O–H groups in total. The number of nitrogens with one attached hydrogen (secondary N) is 1. The standard InChI is InChI=1S/C29H23N7O2S2/c30-14-21-25(19-7-4-12-32-15-19)26-22(8-3-9-23(26)37)36(27(21)31)28-34-35-29(40-28)39-16-24(38)33-20-11-10-17-5-1-2-6-18(17)13-20/h1-2,4-7,10-13,15,25H,3,8-9,16,31H2,(H,33,38). The molecule has 2 aliphatic rings. The minimum absolute atomic E-state index is 0.00942. The lowest BCUT2D eigenvalue weighted by molar-refractivity contribution is -0.116. The van der Waals surface area contributed by atoms with Gasteiger partial charge in [0.25, 0.3) is 0 Å². The predicted octanol–water partition coefficient (Wildman–Crippen LogP) is 5.12. The number of nitriles is 1. The Balaban J connectivity index is 1.23. The number of amides is 1. The van der Waals surface area contributed by atoms with E-state index in [-0.39, 0.29) is 28.8 Å². The molecule has 4 aromatic rings. The number of anilines is 2. The van der Waals surface area contributed by atoms with E-state index in [1.165, 1.54) is 23.1 Å². The van der Waals surface area contributed by atoms with Crippen molar-refractivity contribution >= 4 is 56.4 Å². The number of ketones is 1. The first-order valence-electron chi connectivity index (χ1n) is 12.6. The molecular formula is C29H23N7O2S2. The summed E-state index contributed by atoms with van der Waals surface area (Å²) in [5, 5.41) is 24.2. The van der Waals surface area contributed by atoms with Crippen molar-refractivity contribution < 1.29 is 9.59 Å². The summed E-state index contributed by atoms with van der Waals surface area (Å²) in [5.74, 6) is -0.371. The Bertz CT molecular complexity index is 1740. The van der Waals surface area contributed by atoms with Crippen molar-refractivity contribution in [3.63, 3.8) is 0 Å². The molecular weight excluding hydrogens is 543 g/mol. The number of allylic oxidation sites excluding steroid dienone is 3. The summed E-state index contributed by atoms with van der Waals surface area (Å²) in [6.07, 6.45) is 5.02. The molecule has 1 atom stereocenters. The largest absolute Gasteiger partial charge is 0.384 e. The first-order valence-corrected chi connectivity index (χ1v) is 14.4. The number of pyridine rings is 1. The van der Waals surface area contributed by atoms with Crippen LogP contribution in [-0.2, 0) is 9.59 Å². The first kappa shape index (κ1) is 25.7. The number of hydrogen-bond acceptors (Lipinski definition) is 10. The molecule has 1 amide bonds. The highest BCUT2D eigenvalue weighted by molar-refractivity contribution is 8.01. The van der Waals surface area contributed by atoms with Gasteiger partial charge in [-0.1, -0.05) is 59.5 Å². The summed E-state index contributed by atoms with van der Waals surface area (Å²) >= 11 is 2.53. The second-order valence-electron chi connectivity index (χ2n) is 9.35. The quantitative estimate of drug-likeness (QED) is 0.305. The zero-order valence-corrected chi connectivity index (χ0v) is 22.8. The molecule has 2 aromatic heterocycles. The third-order valence-electron chi connectivity index (χ3n) is 6.88. The zero-order chi connectivity index (χ0) is 27.6. The van der Waals surface area contributed by atoms with Gasteiger partial charge in [0.1, 0.15) is 5.82 Å². The van der Waals surface area contributed by atoms with Crippen LogP contribution >= 0.6 is 23.1 Å². The SMILES string of the molecule is N#CC1=C(N)N(c2nnc(SCC(=O)Nc3ccc4ccccc4c3)s2)C2=C(C(=O)CCC2)C1c1cccnc1. The van der Waals surface area contributed by atoms with Crippen LogP contribution in [0.2, 0.25) is 0 Å². The van der Waals surface area contributed by atoms with Crippen LogP contribution in [0.4, 0.5) is 10.8 Å². The van der Waals surface area contributed by atoms with Crippen LogP contribution in [0.3, 0.4) is 0 Å². The molecule has 2 aromatic carbocycles. The van der Waals surface area contributed by atoms with Crippen molar-refractivity contribution in [2.24, 2.45) is 5.73 Å². The van der Waals surface area contributed by atoms with E-state index in [2.05, 4.69) is 26.6 Å². The third-order valence-corrected chi connectivity index (χ3v) is 8.92. The lowest BCUT2D eigenvalue weighted by Gasteiger charge is -2.37. The topological polar surface area (TPSA) is 138 Å². The van der Waals surface area contributed by atoms with Crippen molar-refractivity contribution in [1.82, 2.24) is 15.2 Å². The molecule has 9 nitrogen and oxygen atoms in total. The van der Waals surface area contributed by atoms with Gasteiger partial charge in [0.15, 0.2) is 10.1 Å². The molecule has 0 fully saturated rings. The number of Topliss-reactive ketones (excluding diaryl/α,β-unsaturated/α-hetero) is 1. The Morgan fingerprint density at radius 2 is 2.00 bits per heavy atom. The number of thioether (sulfide) groups is 1. The molecule has 6 rings (SSSR count). The number of nitrogens with zero attached hydrogens (tertiary/aromatic N) is 5. The molecule has 11 heteroatoms. The van der Waals surface area contributed by atoms with E-state index < -0.39 is 5.92 Å². The van der Waals surface area contributed by atoms with E-state index in [1.54, 1.807) is 23.4 Å². The number of aromatic nitrogens is 3. The number of benzene rings is 2. The highest BCUT2D eigenvalue weighted by Crippen LogP contribution is 2.46. The highest BCUT2D eigenvalue weighted by Gasteiger charge is 2.41. The number of hydrogen-bond donors (Lipinski definition) is 2. The minimum atomic E-state index is -0.571. The highest BCUT2D eigenvalue weighted by atomic mass is 32.2. The van der Waals surface area contributed by atoms with Gasteiger partial charge in [0, 0.05) is 35.8 Å². The van der Waals surface area contributed by atoms with Crippen LogP contribution in [0.25, 0.3) is 10.8 Å². The Morgan fingerprint density at radius 3 is 2.80 bits per heavy atom. The van der Waals surface area contributed by atoms with E-state index in [0.717, 1.165) is 27.7 Å². The number of carbonyl (C=O) groups excluding carboxylic acids is 2. The maximum atomic E-state index is 13.2. The molecule has 1 unspecified atom stereocenters. The second-order valence-corrected chi connectivity index (χ2v) is 11.5. The zero-order valence-electron chi connectivity index (χ0n) is 21.2. The van der Waals surface area contributed by atoms with Gasteiger partial charge in [0.05, 0.1) is 23.3 Å². The van der Waals surface area contributed by atoms with Gasteiger partial charge in [-0.3, -0.25) is 19.5 Å². The molecule has 198 valence electrons. The van der Waals surface area contributed by atoms with E-state index in [1.807, 2.05) is 48.5 Å². The lowest BCUT2D eigenvalue weighted by Crippen LogP contribution is -2.38. The van der Waals surface area contributed by atoms with Gasteiger partial charge in [-0.2, -0.15) is 5.26 Å². The number of rotatable bonds is 6. The predicted molar refractivity (Wildman–Crippen MR) is 155 cm³/mol. The summed E-state index contributed by atoms with van der Waals surface area (Å²) in [4.78, 5) is 31.7. The Kier molecular flexibility index (Phi) is 7.02. The maximum Gasteiger partial charge on any atom is 0.234 e. The molecule has 0 radical (unpaired) electrons. The van der Waals surface area contributed by atoms with Gasteiger partial charge in [0.2, 0.25) is 11.0 Å². The van der Waals surface area contributed by atoms with Gasteiger partial charge >= 0.3 is 0 Å². The first-order chi connectivity index (χ1) is 19.5. The smallest absolute Gasteiger partial charge is 0.234 e. The summed E-state index contributed by atoms with van der Waals surface area (Å²) in [6.45, 7) is 0. The Morgan fingerprint density at radius 1 is 1.15 bits per heavy atom. The number of nitrogens with two attached hydrogens (primary N) is 1. The van der Waals surface area contributed by atoms with E-state index in [0.29, 0.717) is 34.3 Å². The van der Waals surface area contributed by atoms with Crippen molar-refractivity contribution in [2.75, 3.05) is 16.0 Å². The third kappa shape index (κ3) is 4.83. The van der Waals surface area contributed by atoms with Crippen molar-refractivity contribution in [2.45, 2.75) is 29.5 Å². The molecule has 0 saturated heterocycles. The minimum Gasteiger partial charge on any atom is -0.384 e. The van der Waals surface area contributed by atoms with Crippen LogP contribution in [0.15, 0.2) is 94.0 Å². The fourth-order valence-corrected chi connectivity index (χ4v) is 6.81. The van der Waals surface area contributed by atoms with Gasteiger partial charge < -0.3 is 11.1 Å². The van der Waals surface area contributed by atoms with Crippen LogP contribution in [-0.4, -0.2) is 32.6 Å². The Labute approximate surface area is 238 Å². The van der Waals surface area contributed by atoms with Gasteiger partial charge in [-0.25, -0.2) is 0 Å². The fourth-order valence-electron chi connectivity index (χ4n) is 5.13. The summed E-state index contributed by atoms with van der Waals surface area (Å²) in [6, 6.07) is 19.6. The van der Waals surface area contributed by atoms with Gasteiger partial charge in [-0.15, -0.1) is 10.2 Å². The van der Waals surface area contributed by atoms with Crippen LogP contribution in [0, 0.1) is 11.3 Å². The summed E-state index contributed by atoms with van der Waals surface area (Å²) < 4.78 is 0.577. The van der Waals surface area contributed by atoms with Gasteiger partial charge in [-0.05, 0) is 47.4 Å². The lowest BCUT2D eigenvalue weighted by atomic mass is 9.76. The number of carbonyl (C=O) groups is 2. The fraction of sp³-hybridized carbons (Fsp3) is 0.172. The van der Waals surface area contributed by atoms with Crippen LogP contribution < -0.4 is 16.0 Å². The average Bonchev–Trinajstić information content (AvgIpc) is 3.44. The van der Waals surface area contributed by atoms with Crippen LogP contribution in [0.5, 0.6) is 0 Å².